The summed E-state index contributed by atoms with van der Waals surface area (Å²) in [7, 11) is 0. The number of ether oxygens (including phenoxy) is 1. The van der Waals surface area contributed by atoms with Gasteiger partial charge < -0.3 is 9.84 Å². The van der Waals surface area contributed by atoms with Crippen molar-refractivity contribution in [1.29, 1.82) is 0 Å². The van der Waals surface area contributed by atoms with E-state index in [1.165, 1.54) is 4.90 Å². The summed E-state index contributed by atoms with van der Waals surface area (Å²) >= 11 is 0. The number of hydrogen-bond donors (Lipinski definition) is 3. The van der Waals surface area contributed by atoms with Gasteiger partial charge >= 0.3 is 0 Å². The van der Waals surface area contributed by atoms with E-state index in [4.69, 9.17) is 10.6 Å². The smallest absolute Gasteiger partial charge is 0.268 e. The molecule has 0 aliphatic carbocycles. The standard InChI is InChI=1S/C14H19N3O4/c1-8(2)13-14(20)17(6-12(19)16-15)10-5-9(7-18)3-4-11(10)21-13/h3-5,8,13,18H,6-7,15H2,1-2H3,(H,16,19). The lowest BCUT2D eigenvalue weighted by Gasteiger charge is -2.35. The van der Waals surface area contributed by atoms with Crippen molar-refractivity contribution in [3.05, 3.63) is 23.8 Å². The molecular weight excluding hydrogens is 274 g/mol. The zero-order valence-electron chi connectivity index (χ0n) is 12.0. The van der Waals surface area contributed by atoms with Crippen LogP contribution in [0.3, 0.4) is 0 Å². The van der Waals surface area contributed by atoms with Crippen LogP contribution in [0.15, 0.2) is 18.2 Å². The average Bonchev–Trinajstić information content (AvgIpc) is 2.48. The number of fused-ring (bicyclic) bond motifs is 1. The van der Waals surface area contributed by atoms with E-state index in [9.17, 15) is 14.7 Å². The van der Waals surface area contributed by atoms with Gasteiger partial charge in [-0.15, -0.1) is 0 Å². The highest BCUT2D eigenvalue weighted by atomic mass is 16.5. The molecular formula is C14H19N3O4. The Morgan fingerprint density at radius 1 is 1.52 bits per heavy atom. The third-order valence-electron chi connectivity index (χ3n) is 3.33. The van der Waals surface area contributed by atoms with Gasteiger partial charge in [-0.2, -0.15) is 0 Å². The van der Waals surface area contributed by atoms with Crippen molar-refractivity contribution in [1.82, 2.24) is 5.43 Å². The fourth-order valence-electron chi connectivity index (χ4n) is 2.20. The predicted molar refractivity (Wildman–Crippen MR) is 76.3 cm³/mol. The number of nitrogens with zero attached hydrogens (tertiary/aromatic N) is 1. The summed E-state index contributed by atoms with van der Waals surface area (Å²) < 4.78 is 5.71. The molecule has 114 valence electrons. The fourth-order valence-corrected chi connectivity index (χ4v) is 2.20. The number of carbonyl (C=O) groups is 2. The number of rotatable bonds is 4. The summed E-state index contributed by atoms with van der Waals surface area (Å²) in [5, 5.41) is 9.22. The van der Waals surface area contributed by atoms with Crippen LogP contribution in [-0.4, -0.2) is 29.6 Å². The largest absolute Gasteiger partial charge is 0.478 e. The maximum absolute atomic E-state index is 12.5. The Morgan fingerprint density at radius 2 is 2.24 bits per heavy atom. The molecule has 1 aromatic rings. The van der Waals surface area contributed by atoms with Crippen LogP contribution in [-0.2, 0) is 16.2 Å². The predicted octanol–water partition coefficient (Wildman–Crippen LogP) is -0.0812. The lowest BCUT2D eigenvalue weighted by Crippen LogP contribution is -2.52. The highest BCUT2D eigenvalue weighted by Crippen LogP contribution is 2.36. The number of nitrogens with one attached hydrogen (secondary N) is 1. The van der Waals surface area contributed by atoms with Crippen LogP contribution in [0.4, 0.5) is 5.69 Å². The molecule has 0 fully saturated rings. The number of benzene rings is 1. The first-order chi connectivity index (χ1) is 9.97. The highest BCUT2D eigenvalue weighted by molar-refractivity contribution is 6.04. The molecule has 1 unspecified atom stereocenters. The first kappa shape index (κ1) is 15.3. The molecule has 0 aromatic heterocycles. The van der Waals surface area contributed by atoms with Crippen LogP contribution in [0.1, 0.15) is 19.4 Å². The third-order valence-corrected chi connectivity index (χ3v) is 3.33. The highest BCUT2D eigenvalue weighted by Gasteiger charge is 2.37. The summed E-state index contributed by atoms with van der Waals surface area (Å²) in [6, 6.07) is 5.04. The number of nitrogens with two attached hydrogens (primary N) is 1. The molecule has 0 bridgehead atoms. The number of amides is 2. The number of anilines is 1. The van der Waals surface area contributed by atoms with Crippen molar-refractivity contribution in [3.63, 3.8) is 0 Å². The summed E-state index contributed by atoms with van der Waals surface area (Å²) in [6.45, 7) is 3.39. The van der Waals surface area contributed by atoms with Crippen molar-refractivity contribution < 1.29 is 19.4 Å². The summed E-state index contributed by atoms with van der Waals surface area (Å²) in [4.78, 5) is 25.4. The zero-order valence-corrected chi connectivity index (χ0v) is 12.0. The monoisotopic (exact) mass is 293 g/mol. The minimum absolute atomic E-state index is 0.0355. The quantitative estimate of drug-likeness (QED) is 0.409. The Morgan fingerprint density at radius 3 is 2.81 bits per heavy atom. The number of aliphatic hydroxyl groups excluding tert-OH is 1. The van der Waals surface area contributed by atoms with E-state index in [1.54, 1.807) is 18.2 Å². The topological polar surface area (TPSA) is 105 Å². The second-order valence-corrected chi connectivity index (χ2v) is 5.23. The van der Waals surface area contributed by atoms with Gasteiger partial charge in [0.05, 0.1) is 12.3 Å². The molecule has 0 spiro atoms. The van der Waals surface area contributed by atoms with Crippen molar-refractivity contribution in [2.45, 2.75) is 26.6 Å². The Kier molecular flexibility index (Phi) is 4.44. The van der Waals surface area contributed by atoms with E-state index in [0.717, 1.165) is 0 Å². The average molecular weight is 293 g/mol. The van der Waals surface area contributed by atoms with E-state index in [2.05, 4.69) is 0 Å². The van der Waals surface area contributed by atoms with Crippen LogP contribution >= 0.6 is 0 Å². The van der Waals surface area contributed by atoms with Crippen molar-refractivity contribution in [2.24, 2.45) is 11.8 Å². The zero-order chi connectivity index (χ0) is 15.6. The van der Waals surface area contributed by atoms with Crippen LogP contribution in [0, 0.1) is 5.92 Å². The summed E-state index contributed by atoms with van der Waals surface area (Å²) in [6.07, 6.45) is -0.650. The van der Waals surface area contributed by atoms with Crippen molar-refractivity contribution in [2.75, 3.05) is 11.4 Å². The molecule has 2 rings (SSSR count). The Bertz CT molecular complexity index is 559. The second kappa shape index (κ2) is 6.11. The van der Waals surface area contributed by atoms with Crippen LogP contribution in [0.2, 0.25) is 0 Å². The fraction of sp³-hybridized carbons (Fsp3) is 0.429. The Balaban J connectivity index is 2.44. The number of carbonyl (C=O) groups excluding carboxylic acids is 2. The molecule has 2 amide bonds. The van der Waals surface area contributed by atoms with E-state index < -0.39 is 12.0 Å². The Labute approximate surface area is 122 Å². The van der Waals surface area contributed by atoms with Gasteiger partial charge in [-0.05, 0) is 23.6 Å². The minimum atomic E-state index is -0.650. The van der Waals surface area contributed by atoms with Crippen LogP contribution in [0.5, 0.6) is 5.75 Å². The van der Waals surface area contributed by atoms with E-state index in [-0.39, 0.29) is 25.0 Å². The van der Waals surface area contributed by atoms with Gasteiger partial charge in [0.1, 0.15) is 12.3 Å². The molecule has 0 saturated heterocycles. The maximum Gasteiger partial charge on any atom is 0.268 e. The van der Waals surface area contributed by atoms with E-state index in [1.807, 2.05) is 19.3 Å². The molecule has 21 heavy (non-hydrogen) atoms. The van der Waals surface area contributed by atoms with Crippen LogP contribution < -0.4 is 20.9 Å². The van der Waals surface area contributed by atoms with Gasteiger partial charge in [0.25, 0.3) is 11.8 Å². The van der Waals surface area contributed by atoms with Gasteiger partial charge in [0.15, 0.2) is 6.10 Å². The molecule has 1 heterocycles. The first-order valence-corrected chi connectivity index (χ1v) is 6.69. The second-order valence-electron chi connectivity index (χ2n) is 5.23. The molecule has 1 aromatic carbocycles. The molecule has 1 aliphatic heterocycles. The van der Waals surface area contributed by atoms with Gasteiger partial charge in [-0.1, -0.05) is 19.9 Å². The number of hydrogen-bond acceptors (Lipinski definition) is 5. The molecule has 7 nitrogen and oxygen atoms in total. The minimum Gasteiger partial charge on any atom is -0.478 e. The van der Waals surface area contributed by atoms with Crippen molar-refractivity contribution >= 4 is 17.5 Å². The van der Waals surface area contributed by atoms with Gasteiger partial charge in [0, 0.05) is 0 Å². The van der Waals surface area contributed by atoms with Gasteiger partial charge in [0.2, 0.25) is 0 Å². The van der Waals surface area contributed by atoms with Gasteiger partial charge in [-0.25, -0.2) is 5.84 Å². The first-order valence-electron chi connectivity index (χ1n) is 6.69. The lowest BCUT2D eigenvalue weighted by molar-refractivity contribution is -0.130. The molecule has 4 N–H and O–H groups in total. The molecule has 0 radical (unpaired) electrons. The normalized spacial score (nSPS) is 17.5. The molecule has 1 atom stereocenters. The third kappa shape index (κ3) is 2.98. The summed E-state index contributed by atoms with van der Waals surface area (Å²) in [5.74, 6) is 4.80. The van der Waals surface area contributed by atoms with Crippen molar-refractivity contribution in [3.8, 4) is 5.75 Å². The molecule has 1 aliphatic rings. The Hall–Kier alpha value is -2.12. The SMILES string of the molecule is CC(C)C1Oc2ccc(CO)cc2N(CC(=O)NN)C1=O. The van der Waals surface area contributed by atoms with Gasteiger partial charge in [-0.3, -0.25) is 19.9 Å². The molecule has 0 saturated carbocycles. The maximum atomic E-state index is 12.5. The number of hydrazine groups is 1. The van der Waals surface area contributed by atoms with E-state index >= 15 is 0 Å². The summed E-state index contributed by atoms with van der Waals surface area (Å²) in [5.41, 5.74) is 3.11. The van der Waals surface area contributed by atoms with Crippen LogP contribution in [0.25, 0.3) is 0 Å². The van der Waals surface area contributed by atoms with E-state index in [0.29, 0.717) is 17.0 Å². The molecule has 7 heteroatoms. The lowest BCUT2D eigenvalue weighted by atomic mass is 10.0. The number of aliphatic hydroxyl groups is 1.